The van der Waals surface area contributed by atoms with Gasteiger partial charge in [-0.05, 0) is 25.2 Å². The minimum absolute atomic E-state index is 0.340. The number of carboxylic acid groups (broad SMARTS) is 1. The number of nitrogens with zero attached hydrogens (tertiary/aromatic N) is 2. The van der Waals surface area contributed by atoms with Crippen molar-refractivity contribution in [3.63, 3.8) is 0 Å². The summed E-state index contributed by atoms with van der Waals surface area (Å²) in [6.07, 6.45) is 8.84. The van der Waals surface area contributed by atoms with E-state index in [0.29, 0.717) is 18.5 Å². The van der Waals surface area contributed by atoms with Crippen molar-refractivity contribution >= 4 is 5.97 Å². The molecule has 5 nitrogen and oxygen atoms in total. The molecule has 1 saturated carbocycles. The number of carboxylic acids is 1. The van der Waals surface area contributed by atoms with Crippen molar-refractivity contribution in [2.75, 3.05) is 0 Å². The topological polar surface area (TPSA) is 66.6 Å². The zero-order chi connectivity index (χ0) is 12.5. The van der Waals surface area contributed by atoms with E-state index in [-0.39, 0.29) is 6.04 Å². The minimum atomic E-state index is -0.694. The lowest BCUT2D eigenvalue weighted by Crippen LogP contribution is -2.41. The molecule has 1 aromatic rings. The van der Waals surface area contributed by atoms with Gasteiger partial charge in [-0.15, -0.1) is 0 Å². The van der Waals surface area contributed by atoms with Crippen molar-refractivity contribution in [1.82, 2.24) is 10.1 Å². The molecule has 98 valence electrons. The Hall–Kier alpha value is -1.36. The first-order valence-electron chi connectivity index (χ1n) is 6.62. The fraction of sp³-hybridized carbons (Fsp3) is 0.692. The van der Waals surface area contributed by atoms with Crippen molar-refractivity contribution in [3.05, 3.63) is 18.0 Å². The van der Waals surface area contributed by atoms with E-state index >= 15 is 0 Å². The summed E-state index contributed by atoms with van der Waals surface area (Å²) in [5, 5.41) is 13.1. The third-order valence-corrected chi connectivity index (χ3v) is 4.35. The Morgan fingerprint density at radius 3 is 3.06 bits per heavy atom. The van der Waals surface area contributed by atoms with Gasteiger partial charge in [0.1, 0.15) is 12.3 Å². The fourth-order valence-corrected chi connectivity index (χ4v) is 3.54. The number of rotatable bonds is 3. The summed E-state index contributed by atoms with van der Waals surface area (Å²) in [4.78, 5) is 13.5. The van der Waals surface area contributed by atoms with Crippen LogP contribution >= 0.6 is 0 Å². The molecule has 0 bridgehead atoms. The molecule has 1 aliphatic heterocycles. The Labute approximate surface area is 106 Å². The molecule has 0 amide bonds. The van der Waals surface area contributed by atoms with Crippen LogP contribution in [0.5, 0.6) is 0 Å². The van der Waals surface area contributed by atoms with E-state index in [2.05, 4.69) is 10.1 Å². The average molecular weight is 250 g/mol. The quantitative estimate of drug-likeness (QED) is 0.887. The summed E-state index contributed by atoms with van der Waals surface area (Å²) in [6, 6.07) is 0.0859. The van der Waals surface area contributed by atoms with Gasteiger partial charge in [0.05, 0.1) is 6.20 Å². The maximum atomic E-state index is 11.4. The molecule has 2 heterocycles. The van der Waals surface area contributed by atoms with Gasteiger partial charge in [-0.3, -0.25) is 9.69 Å². The Balaban J connectivity index is 1.80. The fourth-order valence-electron chi connectivity index (χ4n) is 3.54. The first-order valence-corrected chi connectivity index (χ1v) is 6.62. The highest BCUT2D eigenvalue weighted by molar-refractivity contribution is 5.74. The van der Waals surface area contributed by atoms with Crippen LogP contribution in [-0.4, -0.2) is 33.2 Å². The number of aliphatic carboxylic acids is 1. The van der Waals surface area contributed by atoms with Crippen LogP contribution in [0.15, 0.2) is 17.0 Å². The van der Waals surface area contributed by atoms with Crippen LogP contribution < -0.4 is 0 Å². The first-order chi connectivity index (χ1) is 8.75. The van der Waals surface area contributed by atoms with E-state index in [9.17, 15) is 9.90 Å². The van der Waals surface area contributed by atoms with E-state index in [1.165, 1.54) is 19.3 Å². The highest BCUT2D eigenvalue weighted by Gasteiger charge is 2.45. The Morgan fingerprint density at radius 2 is 2.33 bits per heavy atom. The molecule has 1 saturated heterocycles. The molecular weight excluding hydrogens is 232 g/mol. The molecule has 3 unspecified atom stereocenters. The maximum Gasteiger partial charge on any atom is 0.320 e. The summed E-state index contributed by atoms with van der Waals surface area (Å²) >= 11 is 0. The van der Waals surface area contributed by atoms with Gasteiger partial charge in [0.25, 0.3) is 0 Å². The molecule has 2 aliphatic rings. The van der Waals surface area contributed by atoms with Crippen LogP contribution in [0, 0.1) is 5.92 Å². The van der Waals surface area contributed by atoms with Gasteiger partial charge >= 0.3 is 5.97 Å². The molecule has 3 rings (SSSR count). The van der Waals surface area contributed by atoms with Crippen LogP contribution in [0.25, 0.3) is 0 Å². The van der Waals surface area contributed by atoms with E-state index in [1.54, 1.807) is 12.5 Å². The maximum absolute atomic E-state index is 11.4. The van der Waals surface area contributed by atoms with E-state index in [0.717, 1.165) is 18.4 Å². The second kappa shape index (κ2) is 4.72. The van der Waals surface area contributed by atoms with Crippen LogP contribution in [0.3, 0.4) is 0 Å². The molecule has 5 heteroatoms. The lowest BCUT2D eigenvalue weighted by molar-refractivity contribution is -0.142. The largest absolute Gasteiger partial charge is 0.480 e. The predicted molar refractivity (Wildman–Crippen MR) is 63.8 cm³/mol. The Kier molecular flexibility index (Phi) is 3.07. The summed E-state index contributed by atoms with van der Waals surface area (Å²) in [5.74, 6) is -0.138. The molecule has 0 radical (unpaired) electrons. The van der Waals surface area contributed by atoms with Crippen LogP contribution in [0.2, 0.25) is 0 Å². The van der Waals surface area contributed by atoms with Gasteiger partial charge in [0.15, 0.2) is 0 Å². The highest BCUT2D eigenvalue weighted by atomic mass is 16.5. The van der Waals surface area contributed by atoms with Gasteiger partial charge < -0.3 is 9.63 Å². The SMILES string of the molecule is O=C(O)C1CC2CCCCC2N1Cc1cnoc1. The van der Waals surface area contributed by atoms with Crippen LogP contribution in [0.4, 0.5) is 0 Å². The summed E-state index contributed by atoms with van der Waals surface area (Å²) < 4.78 is 4.83. The highest BCUT2D eigenvalue weighted by Crippen LogP contribution is 2.40. The van der Waals surface area contributed by atoms with E-state index in [4.69, 9.17) is 4.52 Å². The second-order valence-corrected chi connectivity index (χ2v) is 5.41. The van der Waals surface area contributed by atoms with Gasteiger partial charge in [-0.25, -0.2) is 0 Å². The number of fused-ring (bicyclic) bond motifs is 1. The predicted octanol–water partition coefficient (Wildman–Crippen LogP) is 1.89. The van der Waals surface area contributed by atoms with Crippen LogP contribution in [0.1, 0.15) is 37.7 Å². The third kappa shape index (κ3) is 2.03. The number of aromatic nitrogens is 1. The van der Waals surface area contributed by atoms with Crippen molar-refractivity contribution in [3.8, 4) is 0 Å². The molecule has 0 aromatic carbocycles. The van der Waals surface area contributed by atoms with E-state index in [1.807, 2.05) is 0 Å². The summed E-state index contributed by atoms with van der Waals surface area (Å²) in [5.41, 5.74) is 0.965. The zero-order valence-electron chi connectivity index (χ0n) is 10.3. The molecule has 1 aliphatic carbocycles. The van der Waals surface area contributed by atoms with Gasteiger partial charge in [0, 0.05) is 18.2 Å². The Morgan fingerprint density at radius 1 is 1.50 bits per heavy atom. The minimum Gasteiger partial charge on any atom is -0.480 e. The van der Waals surface area contributed by atoms with Crippen molar-refractivity contribution in [1.29, 1.82) is 0 Å². The smallest absolute Gasteiger partial charge is 0.320 e. The van der Waals surface area contributed by atoms with Crippen molar-refractivity contribution < 1.29 is 14.4 Å². The number of hydrogen-bond donors (Lipinski definition) is 1. The average Bonchev–Trinajstić information content (AvgIpc) is 2.98. The molecule has 3 atom stereocenters. The second-order valence-electron chi connectivity index (χ2n) is 5.41. The van der Waals surface area contributed by atoms with Gasteiger partial charge in [-0.1, -0.05) is 18.0 Å². The summed E-state index contributed by atoms with van der Waals surface area (Å²) in [6.45, 7) is 0.641. The van der Waals surface area contributed by atoms with Crippen molar-refractivity contribution in [2.45, 2.75) is 50.7 Å². The summed E-state index contributed by atoms with van der Waals surface area (Å²) in [7, 11) is 0. The van der Waals surface area contributed by atoms with E-state index < -0.39 is 5.97 Å². The lowest BCUT2D eigenvalue weighted by Gasteiger charge is -2.32. The molecule has 1 aromatic heterocycles. The number of likely N-dealkylation sites (tertiary alicyclic amines) is 1. The van der Waals surface area contributed by atoms with Gasteiger partial charge in [0.2, 0.25) is 0 Å². The molecule has 18 heavy (non-hydrogen) atoms. The molecule has 2 fully saturated rings. The number of hydrogen-bond acceptors (Lipinski definition) is 4. The lowest BCUT2D eigenvalue weighted by atomic mass is 9.85. The third-order valence-electron chi connectivity index (χ3n) is 4.35. The number of carbonyl (C=O) groups is 1. The normalized spacial score (nSPS) is 32.3. The van der Waals surface area contributed by atoms with Crippen molar-refractivity contribution in [2.24, 2.45) is 5.92 Å². The standard InChI is InChI=1S/C13H18N2O3/c16-13(17)12-5-10-3-1-2-4-11(10)15(12)7-9-6-14-18-8-9/h6,8,10-12H,1-5,7H2,(H,16,17). The molecule has 0 spiro atoms. The zero-order valence-corrected chi connectivity index (χ0v) is 10.3. The Bertz CT molecular complexity index is 418. The van der Waals surface area contributed by atoms with Crippen LogP contribution in [-0.2, 0) is 11.3 Å². The molecule has 1 N–H and O–H groups in total. The monoisotopic (exact) mass is 250 g/mol. The molecular formula is C13H18N2O3. The first kappa shape index (κ1) is 11.7. The van der Waals surface area contributed by atoms with Gasteiger partial charge in [-0.2, -0.15) is 0 Å².